The largest absolute Gasteiger partial charge is 0.461 e. The van der Waals surface area contributed by atoms with Crippen molar-refractivity contribution in [3.05, 3.63) is 53.9 Å². The molecule has 13 heteroatoms. The van der Waals surface area contributed by atoms with Crippen LogP contribution in [0.3, 0.4) is 0 Å². The Morgan fingerprint density at radius 2 is 2.00 bits per heavy atom. The molecule has 5 heterocycles. The van der Waals surface area contributed by atoms with Gasteiger partial charge in [-0.15, -0.1) is 11.3 Å². The van der Waals surface area contributed by atoms with Crippen molar-refractivity contribution >= 4 is 49.1 Å². The van der Waals surface area contributed by atoms with E-state index in [1.807, 2.05) is 19.9 Å². The van der Waals surface area contributed by atoms with Crippen molar-refractivity contribution in [2.45, 2.75) is 63.3 Å². The van der Waals surface area contributed by atoms with E-state index in [4.69, 9.17) is 20.4 Å². The van der Waals surface area contributed by atoms with Gasteiger partial charge in [-0.05, 0) is 63.4 Å². The number of carbonyl (C=O) groups excluding carboxylic acids is 1. The van der Waals surface area contributed by atoms with Crippen LogP contribution in [0.1, 0.15) is 50.7 Å². The number of nitrogens with zero attached hydrogens (tertiary/aromatic N) is 7. The number of thiophene rings is 1. The standard InChI is InChI=1S/C36H36F2N8O2S/c1-4-29(47)46-14-11-28(20(46)3)45(5-2)34-24-8-7-22(23-9-10-27(38)32-30(23)26(17-40)33(41)49-32)25(16-39)31(24)42-35(43-34)48-19-36-12-6-13-44(36)18-21(37)15-36/h4,7-10,20-21,28H,1,5-6,11-15,18-19,41H2,2-3H3. The van der Waals surface area contributed by atoms with Gasteiger partial charge in [0.25, 0.3) is 0 Å². The number of likely N-dealkylation sites (N-methyl/N-ethyl adjacent to an activating group) is 1. The molecular formula is C36H36F2N8O2S. The van der Waals surface area contributed by atoms with E-state index in [0.29, 0.717) is 65.7 Å². The highest BCUT2D eigenvalue weighted by Gasteiger charge is 2.49. The van der Waals surface area contributed by atoms with Gasteiger partial charge in [0.05, 0.1) is 32.9 Å². The third kappa shape index (κ3) is 5.23. The predicted octanol–water partition coefficient (Wildman–Crippen LogP) is 5.93. The molecule has 1 amide bonds. The number of hydrogen-bond donors (Lipinski definition) is 1. The van der Waals surface area contributed by atoms with Crippen LogP contribution in [0.25, 0.3) is 32.1 Å². The zero-order chi connectivity index (χ0) is 34.6. The van der Waals surface area contributed by atoms with Crippen LogP contribution in [-0.4, -0.2) is 82.3 Å². The molecule has 0 spiro atoms. The zero-order valence-corrected chi connectivity index (χ0v) is 28.2. The third-order valence-electron chi connectivity index (χ3n) is 10.6. The van der Waals surface area contributed by atoms with Crippen molar-refractivity contribution < 1.29 is 18.3 Å². The summed E-state index contributed by atoms with van der Waals surface area (Å²) in [6, 6.07) is 10.7. The topological polar surface area (TPSA) is 135 Å². The lowest BCUT2D eigenvalue weighted by atomic mass is 9.93. The number of fused-ring (bicyclic) bond motifs is 3. The number of nitrogen functional groups attached to an aromatic ring is 1. The van der Waals surface area contributed by atoms with E-state index in [2.05, 4.69) is 28.5 Å². The quantitative estimate of drug-likeness (QED) is 0.224. The lowest BCUT2D eigenvalue weighted by Crippen LogP contribution is -2.45. The Labute approximate surface area is 287 Å². The molecule has 0 radical (unpaired) electrons. The van der Waals surface area contributed by atoms with Gasteiger partial charge in [-0.1, -0.05) is 18.7 Å². The number of likely N-dealkylation sites (tertiary alicyclic amines) is 1. The number of aromatic nitrogens is 2. The lowest BCUT2D eigenvalue weighted by molar-refractivity contribution is -0.126. The minimum atomic E-state index is -0.928. The van der Waals surface area contributed by atoms with E-state index >= 15 is 0 Å². The van der Waals surface area contributed by atoms with Crippen molar-refractivity contribution in [3.63, 3.8) is 0 Å². The number of carbonyl (C=O) groups is 1. The molecule has 0 saturated carbocycles. The molecule has 4 aromatic rings. The average Bonchev–Trinajstić information content (AvgIpc) is 3.84. The summed E-state index contributed by atoms with van der Waals surface area (Å²) < 4.78 is 36.2. The molecule has 3 aliphatic rings. The first-order valence-corrected chi connectivity index (χ1v) is 17.3. The van der Waals surface area contributed by atoms with E-state index in [1.165, 1.54) is 12.1 Å². The van der Waals surface area contributed by atoms with Crippen LogP contribution in [0.2, 0.25) is 0 Å². The van der Waals surface area contributed by atoms with Crippen LogP contribution in [0, 0.1) is 28.5 Å². The monoisotopic (exact) mass is 682 g/mol. The summed E-state index contributed by atoms with van der Waals surface area (Å²) in [5, 5.41) is 21.8. The highest BCUT2D eigenvalue weighted by atomic mass is 32.1. The molecule has 10 nitrogen and oxygen atoms in total. The Bertz CT molecular complexity index is 2090. The molecule has 2 aromatic carbocycles. The summed E-state index contributed by atoms with van der Waals surface area (Å²) in [5.74, 6) is -0.0984. The number of rotatable bonds is 8. The first kappa shape index (κ1) is 32.7. The molecule has 49 heavy (non-hydrogen) atoms. The Kier molecular flexibility index (Phi) is 8.37. The van der Waals surface area contributed by atoms with Crippen LogP contribution in [0.5, 0.6) is 6.01 Å². The fraction of sp³-hybridized carbons (Fsp3) is 0.417. The highest BCUT2D eigenvalue weighted by molar-refractivity contribution is 7.23. The van der Waals surface area contributed by atoms with E-state index in [0.717, 1.165) is 30.7 Å². The maximum Gasteiger partial charge on any atom is 0.319 e. The van der Waals surface area contributed by atoms with E-state index in [1.54, 1.807) is 17.0 Å². The third-order valence-corrected chi connectivity index (χ3v) is 11.6. The number of nitriles is 2. The number of halogens is 2. The number of ether oxygens (including phenoxy) is 1. The summed E-state index contributed by atoms with van der Waals surface area (Å²) in [6.07, 6.45) is 3.22. The summed E-state index contributed by atoms with van der Waals surface area (Å²) in [5.41, 5.74) is 7.32. The van der Waals surface area contributed by atoms with Crippen LogP contribution >= 0.6 is 11.3 Å². The number of nitrogens with two attached hydrogens (primary N) is 1. The van der Waals surface area contributed by atoms with Gasteiger partial charge in [-0.25, -0.2) is 8.78 Å². The van der Waals surface area contributed by atoms with Crippen LogP contribution in [0.15, 0.2) is 36.9 Å². The van der Waals surface area contributed by atoms with Crippen LogP contribution < -0.4 is 15.4 Å². The van der Waals surface area contributed by atoms with Crippen molar-refractivity contribution in [2.24, 2.45) is 0 Å². The molecule has 4 atom stereocenters. The van der Waals surface area contributed by atoms with Crippen molar-refractivity contribution in [3.8, 4) is 29.3 Å². The summed E-state index contributed by atoms with van der Waals surface area (Å²) >= 11 is 0.992. The fourth-order valence-corrected chi connectivity index (χ4v) is 9.21. The Morgan fingerprint density at radius 1 is 1.22 bits per heavy atom. The van der Waals surface area contributed by atoms with Gasteiger partial charge in [0.2, 0.25) is 5.91 Å². The summed E-state index contributed by atoms with van der Waals surface area (Å²) in [7, 11) is 0. The highest BCUT2D eigenvalue weighted by Crippen LogP contribution is 2.44. The molecule has 2 aromatic heterocycles. The molecule has 3 fully saturated rings. The zero-order valence-electron chi connectivity index (χ0n) is 27.4. The Balaban J connectivity index is 1.40. The van der Waals surface area contributed by atoms with Gasteiger partial charge in [-0.2, -0.15) is 20.5 Å². The SMILES string of the molecule is C=CC(=O)N1CCC(N(CC)c2nc(OCC34CCCN3CC(F)C4)nc3c(C#N)c(-c4ccc(F)c5sc(N)c(C#N)c45)ccc23)C1C. The summed E-state index contributed by atoms with van der Waals surface area (Å²) in [6.45, 7) is 10.2. The van der Waals surface area contributed by atoms with Crippen LogP contribution in [-0.2, 0) is 4.79 Å². The molecule has 0 bridgehead atoms. The number of alkyl halides is 1. The van der Waals surface area contributed by atoms with Crippen molar-refractivity contribution in [2.75, 3.05) is 43.4 Å². The van der Waals surface area contributed by atoms with Gasteiger partial charge in [0.1, 0.15) is 41.6 Å². The smallest absolute Gasteiger partial charge is 0.319 e. The van der Waals surface area contributed by atoms with Gasteiger partial charge < -0.3 is 20.3 Å². The average molecular weight is 683 g/mol. The van der Waals surface area contributed by atoms with Gasteiger partial charge in [0.15, 0.2) is 0 Å². The molecule has 3 aliphatic heterocycles. The van der Waals surface area contributed by atoms with E-state index in [-0.39, 0.29) is 51.4 Å². The Morgan fingerprint density at radius 3 is 2.73 bits per heavy atom. The minimum absolute atomic E-state index is 0.0598. The van der Waals surface area contributed by atoms with E-state index < -0.39 is 17.5 Å². The fourth-order valence-electron chi connectivity index (χ4n) is 8.26. The first-order valence-electron chi connectivity index (χ1n) is 16.5. The predicted molar refractivity (Wildman–Crippen MR) is 186 cm³/mol. The van der Waals surface area contributed by atoms with Crippen molar-refractivity contribution in [1.82, 2.24) is 19.8 Å². The molecular weight excluding hydrogens is 647 g/mol. The normalized spacial score (nSPS) is 23.5. The molecule has 7 rings (SSSR count). The molecule has 252 valence electrons. The maximum absolute atomic E-state index is 15.0. The lowest BCUT2D eigenvalue weighted by Gasteiger charge is -2.34. The van der Waals surface area contributed by atoms with Crippen molar-refractivity contribution in [1.29, 1.82) is 10.5 Å². The first-order chi connectivity index (χ1) is 23.6. The number of hydrogen-bond acceptors (Lipinski definition) is 10. The molecule has 0 aliphatic carbocycles. The second-order valence-corrected chi connectivity index (χ2v) is 14.1. The Hall–Kier alpha value is -4.85. The number of benzene rings is 2. The molecule has 2 N–H and O–H groups in total. The molecule has 3 saturated heterocycles. The number of anilines is 2. The number of amides is 1. The van der Waals surface area contributed by atoms with Gasteiger partial charge >= 0.3 is 6.01 Å². The van der Waals surface area contributed by atoms with E-state index in [9.17, 15) is 24.1 Å². The second kappa shape index (κ2) is 12.6. The van der Waals surface area contributed by atoms with Gasteiger partial charge in [-0.3, -0.25) is 9.69 Å². The minimum Gasteiger partial charge on any atom is -0.461 e. The second-order valence-electron chi connectivity index (χ2n) is 13.1. The van der Waals surface area contributed by atoms with Gasteiger partial charge in [0, 0.05) is 48.4 Å². The van der Waals surface area contributed by atoms with Crippen LogP contribution in [0.4, 0.5) is 19.6 Å². The summed E-state index contributed by atoms with van der Waals surface area (Å²) in [4.78, 5) is 28.5. The maximum atomic E-state index is 15.0. The molecule has 4 unspecified atom stereocenters.